The summed E-state index contributed by atoms with van der Waals surface area (Å²) in [6.07, 6.45) is 2.61. The molecule has 0 aliphatic carbocycles. The number of imidazole rings is 1. The Kier molecular flexibility index (Phi) is 1.19. The van der Waals surface area contributed by atoms with Crippen molar-refractivity contribution in [2.45, 2.75) is 0 Å². The van der Waals surface area contributed by atoms with Gasteiger partial charge < -0.3 is 4.98 Å². The Morgan fingerprint density at radius 1 is 1.55 bits per heavy atom. The molecule has 0 aromatic carbocycles. The van der Waals surface area contributed by atoms with Gasteiger partial charge in [0.1, 0.15) is 6.33 Å². The lowest BCUT2D eigenvalue weighted by atomic mass is 10.6. The number of hydrogen-bond donors (Lipinski definition) is 1. The highest BCUT2D eigenvalue weighted by Crippen LogP contribution is 2.02. The Bertz CT molecular complexity index is 445. The fourth-order valence-electron chi connectivity index (χ4n) is 0.829. The maximum atomic E-state index is 10.9. The number of rotatable bonds is 0. The highest BCUT2D eigenvalue weighted by Gasteiger charge is 2.02. The topological polar surface area (TPSA) is 63.6 Å². The number of halogens is 1. The van der Waals surface area contributed by atoms with Crippen LogP contribution in [0.3, 0.4) is 0 Å². The Labute approximate surface area is 65.8 Å². The molecule has 0 atom stereocenters. The van der Waals surface area contributed by atoms with E-state index in [9.17, 15) is 4.79 Å². The van der Waals surface area contributed by atoms with E-state index < -0.39 is 0 Å². The summed E-state index contributed by atoms with van der Waals surface area (Å²) in [6, 6.07) is 0. The molecule has 5 nitrogen and oxygen atoms in total. The summed E-state index contributed by atoms with van der Waals surface area (Å²) in [5.41, 5.74) is 0.364. The normalized spacial score (nSPS) is 10.6. The molecule has 1 N–H and O–H groups in total. The molecule has 0 saturated heterocycles. The van der Waals surface area contributed by atoms with Gasteiger partial charge in [-0.15, -0.1) is 0 Å². The molecule has 0 fully saturated rings. The van der Waals surface area contributed by atoms with Gasteiger partial charge in [-0.2, -0.15) is 4.98 Å². The lowest BCUT2D eigenvalue weighted by Crippen LogP contribution is -2.08. The van der Waals surface area contributed by atoms with Crippen LogP contribution in [0.5, 0.6) is 0 Å². The van der Waals surface area contributed by atoms with Gasteiger partial charge in [-0.1, -0.05) is 0 Å². The first-order chi connectivity index (χ1) is 5.29. The standard InChI is InChI=1S/C5H3ClN4O/c6-10-2-9-5(11)3-4(10)8-1-7-3/h1-2H,(H,7,8). The molecule has 2 aromatic heterocycles. The maximum Gasteiger partial charge on any atom is 0.298 e. The van der Waals surface area contributed by atoms with Crippen molar-refractivity contribution in [2.75, 3.05) is 0 Å². The molecule has 0 bridgehead atoms. The number of nitrogens with zero attached hydrogens (tertiary/aromatic N) is 3. The molecule has 0 saturated carbocycles. The molecule has 0 radical (unpaired) electrons. The van der Waals surface area contributed by atoms with Crippen molar-refractivity contribution in [3.63, 3.8) is 0 Å². The van der Waals surface area contributed by atoms with Crippen LogP contribution < -0.4 is 5.56 Å². The van der Waals surface area contributed by atoms with Gasteiger partial charge in [-0.25, -0.2) is 9.07 Å². The summed E-state index contributed by atoms with van der Waals surface area (Å²) in [5.74, 6) is 0. The van der Waals surface area contributed by atoms with Crippen LogP contribution in [-0.2, 0) is 0 Å². The van der Waals surface area contributed by atoms with Crippen molar-refractivity contribution in [3.05, 3.63) is 23.0 Å². The number of hydrogen-bond acceptors (Lipinski definition) is 3. The molecule has 0 unspecified atom stereocenters. The second-order valence-electron chi connectivity index (χ2n) is 1.96. The summed E-state index contributed by atoms with van der Waals surface area (Å²) in [5, 5.41) is 0. The highest BCUT2D eigenvalue weighted by atomic mass is 35.5. The molecule has 56 valence electrons. The average Bonchev–Trinajstić information content (AvgIpc) is 2.45. The van der Waals surface area contributed by atoms with Crippen LogP contribution in [0, 0.1) is 0 Å². The van der Waals surface area contributed by atoms with Gasteiger partial charge in [0.05, 0.1) is 6.33 Å². The van der Waals surface area contributed by atoms with E-state index in [0.29, 0.717) is 11.2 Å². The molecular weight excluding hydrogens is 168 g/mol. The maximum absolute atomic E-state index is 10.9. The molecule has 2 rings (SSSR count). The van der Waals surface area contributed by atoms with Crippen LogP contribution in [0.25, 0.3) is 11.2 Å². The summed E-state index contributed by atoms with van der Waals surface area (Å²) in [7, 11) is 0. The van der Waals surface area contributed by atoms with Crippen LogP contribution in [0.4, 0.5) is 0 Å². The van der Waals surface area contributed by atoms with E-state index in [4.69, 9.17) is 11.8 Å². The first-order valence-electron chi connectivity index (χ1n) is 2.86. The van der Waals surface area contributed by atoms with Crippen molar-refractivity contribution < 1.29 is 0 Å². The quantitative estimate of drug-likeness (QED) is 0.611. The largest absolute Gasteiger partial charge is 0.339 e. The number of H-pyrrole nitrogens is 1. The SMILES string of the molecule is O=c1ncn(Cl)c2nc[nH]c12. The first kappa shape index (κ1) is 6.36. The molecule has 0 spiro atoms. The molecule has 6 heteroatoms. The van der Waals surface area contributed by atoms with Crippen LogP contribution in [0.15, 0.2) is 17.4 Å². The lowest BCUT2D eigenvalue weighted by molar-refractivity contribution is 1.10. The van der Waals surface area contributed by atoms with E-state index in [1.165, 1.54) is 12.7 Å². The summed E-state index contributed by atoms with van der Waals surface area (Å²) in [6.45, 7) is 0. The Morgan fingerprint density at radius 2 is 2.36 bits per heavy atom. The van der Waals surface area contributed by atoms with E-state index >= 15 is 0 Å². The third-order valence-electron chi connectivity index (χ3n) is 1.31. The smallest absolute Gasteiger partial charge is 0.298 e. The molecule has 0 amide bonds. The minimum atomic E-state index is -0.352. The van der Waals surface area contributed by atoms with Crippen LogP contribution in [0.1, 0.15) is 0 Å². The van der Waals surface area contributed by atoms with E-state index in [0.717, 1.165) is 4.09 Å². The number of aromatic nitrogens is 4. The lowest BCUT2D eigenvalue weighted by Gasteiger charge is -1.91. The zero-order valence-corrected chi connectivity index (χ0v) is 6.04. The van der Waals surface area contributed by atoms with E-state index in [2.05, 4.69) is 15.0 Å². The van der Waals surface area contributed by atoms with Gasteiger partial charge in [0, 0.05) is 11.8 Å². The molecular formula is C5H3ClN4O. The van der Waals surface area contributed by atoms with Gasteiger partial charge in [0.15, 0.2) is 11.2 Å². The van der Waals surface area contributed by atoms with Crippen LogP contribution >= 0.6 is 11.8 Å². The zero-order chi connectivity index (χ0) is 7.84. The number of nitrogens with one attached hydrogen (secondary N) is 1. The summed E-state index contributed by atoms with van der Waals surface area (Å²) >= 11 is 5.60. The third-order valence-corrected chi connectivity index (χ3v) is 1.56. The van der Waals surface area contributed by atoms with Crippen molar-refractivity contribution in [2.24, 2.45) is 0 Å². The summed E-state index contributed by atoms with van der Waals surface area (Å²) < 4.78 is 1.16. The minimum absolute atomic E-state index is 0.322. The Morgan fingerprint density at radius 3 is 3.09 bits per heavy atom. The van der Waals surface area contributed by atoms with Crippen LogP contribution in [-0.4, -0.2) is 19.0 Å². The second kappa shape index (κ2) is 2.06. The predicted molar refractivity (Wildman–Crippen MR) is 39.4 cm³/mol. The number of fused-ring (bicyclic) bond motifs is 1. The van der Waals surface area contributed by atoms with Gasteiger partial charge >= 0.3 is 0 Å². The molecule has 2 heterocycles. The molecule has 2 aromatic rings. The highest BCUT2D eigenvalue weighted by molar-refractivity contribution is 6.17. The average molecular weight is 171 g/mol. The van der Waals surface area contributed by atoms with Crippen LogP contribution in [0.2, 0.25) is 0 Å². The van der Waals surface area contributed by atoms with Crippen molar-refractivity contribution in [1.29, 1.82) is 0 Å². The Balaban J connectivity index is 3.08. The van der Waals surface area contributed by atoms with Gasteiger partial charge in [-0.05, 0) is 0 Å². The van der Waals surface area contributed by atoms with Crippen molar-refractivity contribution >= 4 is 22.9 Å². The number of aromatic amines is 1. The van der Waals surface area contributed by atoms with Gasteiger partial charge in [0.25, 0.3) is 5.56 Å². The second-order valence-corrected chi connectivity index (χ2v) is 2.33. The first-order valence-corrected chi connectivity index (χ1v) is 3.20. The predicted octanol–water partition coefficient (Wildman–Crippen LogP) is 0.121. The molecule has 0 aliphatic rings. The molecule has 11 heavy (non-hydrogen) atoms. The fraction of sp³-hybridized carbons (Fsp3) is 0. The fourth-order valence-corrected chi connectivity index (χ4v) is 1.00. The summed E-state index contributed by atoms with van der Waals surface area (Å²) in [4.78, 5) is 20.9. The Hall–Kier alpha value is -1.36. The third kappa shape index (κ3) is 0.813. The van der Waals surface area contributed by atoms with Gasteiger partial charge in [0.2, 0.25) is 0 Å². The van der Waals surface area contributed by atoms with Gasteiger partial charge in [-0.3, -0.25) is 4.79 Å². The van der Waals surface area contributed by atoms with Crippen molar-refractivity contribution in [3.8, 4) is 0 Å². The van der Waals surface area contributed by atoms with E-state index in [1.807, 2.05) is 0 Å². The van der Waals surface area contributed by atoms with E-state index in [1.54, 1.807) is 0 Å². The minimum Gasteiger partial charge on any atom is -0.339 e. The van der Waals surface area contributed by atoms with Crippen molar-refractivity contribution in [1.82, 2.24) is 19.0 Å². The zero-order valence-electron chi connectivity index (χ0n) is 5.28. The molecule has 0 aliphatic heterocycles. The van der Waals surface area contributed by atoms with E-state index in [-0.39, 0.29) is 5.56 Å². The monoisotopic (exact) mass is 170 g/mol.